The van der Waals surface area contributed by atoms with Gasteiger partial charge in [-0.2, -0.15) is 0 Å². The highest BCUT2D eigenvalue weighted by molar-refractivity contribution is 9.10. The zero-order chi connectivity index (χ0) is 10.7. The molecule has 0 aromatic heterocycles. The van der Waals surface area contributed by atoms with Gasteiger partial charge in [-0.1, -0.05) is 36.4 Å². The zero-order valence-electron chi connectivity index (χ0n) is 8.28. The van der Waals surface area contributed by atoms with Crippen LogP contribution in [0.15, 0.2) is 53.0 Å². The van der Waals surface area contributed by atoms with Crippen molar-refractivity contribution < 1.29 is 0 Å². The average Bonchev–Trinajstić information content (AvgIpc) is 2.25. The molecule has 0 radical (unpaired) electrons. The van der Waals surface area contributed by atoms with Gasteiger partial charge in [0.25, 0.3) is 0 Å². The molecule has 0 fully saturated rings. The second-order valence-corrected chi connectivity index (χ2v) is 4.37. The average molecular weight is 262 g/mol. The minimum Gasteiger partial charge on any atom is -0.398 e. The summed E-state index contributed by atoms with van der Waals surface area (Å²) in [4.78, 5) is 0. The van der Waals surface area contributed by atoms with Crippen LogP contribution in [0.3, 0.4) is 0 Å². The fourth-order valence-electron chi connectivity index (χ4n) is 1.51. The van der Waals surface area contributed by atoms with E-state index in [2.05, 4.69) is 52.3 Å². The molecule has 2 aromatic carbocycles. The highest BCUT2D eigenvalue weighted by Gasteiger charge is 1.99. The van der Waals surface area contributed by atoms with E-state index in [1.165, 1.54) is 11.1 Å². The molecule has 0 aliphatic carbocycles. The highest BCUT2D eigenvalue weighted by Crippen LogP contribution is 2.21. The number of hydrogen-bond donors (Lipinski definition) is 1. The summed E-state index contributed by atoms with van der Waals surface area (Å²) < 4.78 is 0.968. The molecule has 0 heterocycles. The Labute approximate surface area is 98.1 Å². The number of anilines is 1. The van der Waals surface area contributed by atoms with E-state index < -0.39 is 0 Å². The van der Waals surface area contributed by atoms with Gasteiger partial charge < -0.3 is 5.73 Å². The normalized spacial score (nSPS) is 10.2. The van der Waals surface area contributed by atoms with Crippen molar-refractivity contribution in [1.82, 2.24) is 0 Å². The third kappa shape index (κ3) is 2.60. The second-order valence-electron chi connectivity index (χ2n) is 3.52. The molecule has 2 rings (SSSR count). The van der Waals surface area contributed by atoms with E-state index in [0.717, 1.165) is 16.6 Å². The second kappa shape index (κ2) is 4.49. The maximum atomic E-state index is 5.74. The SMILES string of the molecule is Nc1ccc(Cc2ccccc2)cc1Br. The molecule has 2 heteroatoms. The molecule has 0 spiro atoms. The van der Waals surface area contributed by atoms with Crippen molar-refractivity contribution >= 4 is 21.6 Å². The van der Waals surface area contributed by atoms with Gasteiger partial charge in [-0.05, 0) is 45.6 Å². The van der Waals surface area contributed by atoms with E-state index in [1.807, 2.05) is 12.1 Å². The van der Waals surface area contributed by atoms with Gasteiger partial charge in [-0.15, -0.1) is 0 Å². The van der Waals surface area contributed by atoms with Crippen LogP contribution in [0.2, 0.25) is 0 Å². The lowest BCUT2D eigenvalue weighted by atomic mass is 10.1. The predicted octanol–water partition coefficient (Wildman–Crippen LogP) is 3.62. The van der Waals surface area contributed by atoms with Crippen molar-refractivity contribution in [3.05, 3.63) is 64.1 Å². The van der Waals surface area contributed by atoms with Crippen molar-refractivity contribution in [3.63, 3.8) is 0 Å². The minimum atomic E-state index is 0.784. The van der Waals surface area contributed by atoms with Gasteiger partial charge in [-0.25, -0.2) is 0 Å². The van der Waals surface area contributed by atoms with E-state index >= 15 is 0 Å². The Morgan fingerprint density at radius 1 is 0.933 bits per heavy atom. The van der Waals surface area contributed by atoms with Gasteiger partial charge in [0.1, 0.15) is 0 Å². The first kappa shape index (κ1) is 10.2. The Kier molecular flexibility index (Phi) is 3.07. The summed E-state index contributed by atoms with van der Waals surface area (Å²) in [6.45, 7) is 0. The first-order valence-corrected chi connectivity index (χ1v) is 5.63. The van der Waals surface area contributed by atoms with Crippen molar-refractivity contribution in [2.24, 2.45) is 0 Å². The van der Waals surface area contributed by atoms with Crippen molar-refractivity contribution in [2.45, 2.75) is 6.42 Å². The van der Waals surface area contributed by atoms with Crippen molar-refractivity contribution in [3.8, 4) is 0 Å². The first-order valence-electron chi connectivity index (χ1n) is 4.83. The third-order valence-corrected chi connectivity index (χ3v) is 3.00. The third-order valence-electron chi connectivity index (χ3n) is 2.32. The van der Waals surface area contributed by atoms with Crippen LogP contribution >= 0.6 is 15.9 Å². The summed E-state index contributed by atoms with van der Waals surface area (Å²) >= 11 is 3.43. The molecule has 0 aliphatic rings. The van der Waals surface area contributed by atoms with E-state index in [1.54, 1.807) is 0 Å². The summed E-state index contributed by atoms with van der Waals surface area (Å²) in [5.74, 6) is 0. The van der Waals surface area contributed by atoms with E-state index in [9.17, 15) is 0 Å². The van der Waals surface area contributed by atoms with Gasteiger partial charge in [-0.3, -0.25) is 0 Å². The molecule has 0 unspecified atom stereocenters. The lowest BCUT2D eigenvalue weighted by molar-refractivity contribution is 1.19. The number of rotatable bonds is 2. The summed E-state index contributed by atoms with van der Waals surface area (Å²) in [7, 11) is 0. The molecule has 0 bridgehead atoms. The van der Waals surface area contributed by atoms with Crippen LogP contribution in [0.1, 0.15) is 11.1 Å². The maximum absolute atomic E-state index is 5.74. The number of halogens is 1. The number of benzene rings is 2. The van der Waals surface area contributed by atoms with Crippen molar-refractivity contribution in [2.75, 3.05) is 5.73 Å². The Morgan fingerprint density at radius 3 is 2.33 bits per heavy atom. The Hall–Kier alpha value is -1.28. The highest BCUT2D eigenvalue weighted by atomic mass is 79.9. The topological polar surface area (TPSA) is 26.0 Å². The van der Waals surface area contributed by atoms with Crippen LogP contribution in [0.5, 0.6) is 0 Å². The first-order chi connectivity index (χ1) is 7.25. The van der Waals surface area contributed by atoms with Crippen molar-refractivity contribution in [1.29, 1.82) is 0 Å². The molecule has 0 atom stereocenters. The van der Waals surface area contributed by atoms with Crippen LogP contribution in [0, 0.1) is 0 Å². The molecule has 0 aliphatic heterocycles. The molecule has 0 saturated carbocycles. The van der Waals surface area contributed by atoms with Crippen LogP contribution < -0.4 is 5.73 Å². The Morgan fingerprint density at radius 2 is 1.67 bits per heavy atom. The van der Waals surface area contributed by atoms with Crippen LogP contribution in [0.4, 0.5) is 5.69 Å². The van der Waals surface area contributed by atoms with Gasteiger partial charge in [0.15, 0.2) is 0 Å². The van der Waals surface area contributed by atoms with Crippen LogP contribution in [-0.4, -0.2) is 0 Å². The molecule has 0 saturated heterocycles. The molecule has 1 nitrogen and oxygen atoms in total. The maximum Gasteiger partial charge on any atom is 0.0458 e. The lowest BCUT2D eigenvalue weighted by Crippen LogP contribution is -1.91. The summed E-state index contributed by atoms with van der Waals surface area (Å²) in [6, 6.07) is 16.5. The fraction of sp³-hybridized carbons (Fsp3) is 0.0769. The molecule has 2 N–H and O–H groups in total. The van der Waals surface area contributed by atoms with E-state index in [4.69, 9.17) is 5.73 Å². The standard InChI is InChI=1S/C13H12BrN/c14-12-9-11(6-7-13(12)15)8-10-4-2-1-3-5-10/h1-7,9H,8,15H2. The molecular formula is C13H12BrN. The molecule has 76 valence electrons. The molecule has 0 amide bonds. The van der Waals surface area contributed by atoms with Gasteiger partial charge in [0.2, 0.25) is 0 Å². The van der Waals surface area contributed by atoms with Gasteiger partial charge in [0, 0.05) is 10.2 Å². The smallest absolute Gasteiger partial charge is 0.0458 e. The minimum absolute atomic E-state index is 0.784. The molecule has 2 aromatic rings. The number of hydrogen-bond acceptors (Lipinski definition) is 1. The largest absolute Gasteiger partial charge is 0.398 e. The number of nitrogens with two attached hydrogens (primary N) is 1. The summed E-state index contributed by atoms with van der Waals surface area (Å²) in [5, 5.41) is 0. The zero-order valence-corrected chi connectivity index (χ0v) is 9.87. The summed E-state index contributed by atoms with van der Waals surface area (Å²) in [6.07, 6.45) is 0.944. The quantitative estimate of drug-likeness (QED) is 0.822. The van der Waals surface area contributed by atoms with Crippen LogP contribution in [-0.2, 0) is 6.42 Å². The molecular weight excluding hydrogens is 250 g/mol. The number of nitrogen functional groups attached to an aromatic ring is 1. The monoisotopic (exact) mass is 261 g/mol. The van der Waals surface area contributed by atoms with Gasteiger partial charge >= 0.3 is 0 Å². The Balaban J connectivity index is 2.22. The Bertz CT molecular complexity index is 451. The fourth-order valence-corrected chi connectivity index (χ4v) is 1.94. The lowest BCUT2D eigenvalue weighted by Gasteiger charge is -2.04. The van der Waals surface area contributed by atoms with Crippen LogP contribution in [0.25, 0.3) is 0 Å². The predicted molar refractivity (Wildman–Crippen MR) is 67.8 cm³/mol. The van der Waals surface area contributed by atoms with Gasteiger partial charge in [0.05, 0.1) is 0 Å². The van der Waals surface area contributed by atoms with E-state index in [0.29, 0.717) is 0 Å². The molecule has 15 heavy (non-hydrogen) atoms. The van der Waals surface area contributed by atoms with E-state index in [-0.39, 0.29) is 0 Å². The summed E-state index contributed by atoms with van der Waals surface area (Å²) in [5.41, 5.74) is 9.10.